The smallest absolute Gasteiger partial charge is 0.0586 e. The van der Waals surface area contributed by atoms with Gasteiger partial charge in [0.05, 0.1) is 6.61 Å². The summed E-state index contributed by atoms with van der Waals surface area (Å²) in [6.45, 7) is 4.85. The zero-order valence-corrected chi connectivity index (χ0v) is 17.8. The Morgan fingerprint density at radius 3 is 1.96 bits per heavy atom. The lowest BCUT2D eigenvalue weighted by molar-refractivity contribution is 0.160. The highest BCUT2D eigenvalue weighted by Gasteiger charge is 2.22. The molecule has 0 radical (unpaired) electrons. The topological polar surface area (TPSA) is 23.5 Å². The van der Waals surface area contributed by atoms with Crippen molar-refractivity contribution in [2.45, 2.75) is 103 Å². The van der Waals surface area contributed by atoms with E-state index < -0.39 is 0 Å². The Morgan fingerprint density at radius 1 is 0.815 bits per heavy atom. The first-order valence-electron chi connectivity index (χ1n) is 11.8. The molecule has 0 unspecified atom stereocenters. The fraction of sp³-hybridized carbons (Fsp3) is 0.760. The lowest BCUT2D eigenvalue weighted by Gasteiger charge is -2.22. The minimum Gasteiger partial charge on any atom is -0.395 e. The van der Waals surface area contributed by atoms with Crippen LogP contribution in [-0.2, 0) is 12.8 Å². The average molecular weight is 374 g/mol. The number of unbranched alkanes of at least 4 members (excludes halogenated alkanes) is 9. The summed E-state index contributed by atoms with van der Waals surface area (Å²) in [5.41, 5.74) is 2.93. The van der Waals surface area contributed by atoms with E-state index in [1.165, 1.54) is 88.2 Å². The summed E-state index contributed by atoms with van der Waals surface area (Å²) in [4.78, 5) is 2.46. The molecular formula is C25H43NO. The molecule has 1 N–H and O–H groups in total. The van der Waals surface area contributed by atoms with Gasteiger partial charge < -0.3 is 5.11 Å². The highest BCUT2D eigenvalue weighted by Crippen LogP contribution is 2.18. The minimum absolute atomic E-state index is 0.317. The first-order chi connectivity index (χ1) is 13.3. The van der Waals surface area contributed by atoms with Gasteiger partial charge in [-0.1, -0.05) is 89.0 Å². The van der Waals surface area contributed by atoms with Gasteiger partial charge in [0.25, 0.3) is 0 Å². The van der Waals surface area contributed by atoms with Crippen molar-refractivity contribution in [2.75, 3.05) is 19.7 Å². The summed E-state index contributed by atoms with van der Waals surface area (Å²) in [6, 6.07) is 9.69. The molecule has 0 saturated carbocycles. The van der Waals surface area contributed by atoms with Crippen molar-refractivity contribution in [2.24, 2.45) is 0 Å². The summed E-state index contributed by atoms with van der Waals surface area (Å²) < 4.78 is 0. The largest absolute Gasteiger partial charge is 0.395 e. The van der Waals surface area contributed by atoms with Crippen LogP contribution in [0, 0.1) is 0 Å². The highest BCUT2D eigenvalue weighted by molar-refractivity contribution is 5.23. The molecule has 1 atom stereocenters. The Bertz CT molecular complexity index is 470. The summed E-state index contributed by atoms with van der Waals surface area (Å²) in [5, 5.41) is 9.42. The number of aryl methyl sites for hydroxylation is 1. The normalized spacial score (nSPS) is 17.6. The number of aliphatic hydroxyl groups excluding tert-OH is 1. The summed E-state index contributed by atoms with van der Waals surface area (Å²) >= 11 is 0. The molecule has 1 fully saturated rings. The molecule has 1 heterocycles. The van der Waals surface area contributed by atoms with E-state index in [-0.39, 0.29) is 0 Å². The Kier molecular flexibility index (Phi) is 11.8. The third-order valence-electron chi connectivity index (χ3n) is 6.24. The second-order valence-electron chi connectivity index (χ2n) is 8.51. The molecule has 0 aliphatic carbocycles. The van der Waals surface area contributed by atoms with Crippen LogP contribution in [0.15, 0.2) is 24.3 Å². The van der Waals surface area contributed by atoms with Crippen molar-refractivity contribution in [1.29, 1.82) is 0 Å². The highest BCUT2D eigenvalue weighted by atomic mass is 16.3. The maximum Gasteiger partial charge on any atom is 0.0586 e. The molecule has 154 valence electrons. The number of likely N-dealkylation sites (tertiary alicyclic amines) is 1. The molecule has 2 heteroatoms. The van der Waals surface area contributed by atoms with E-state index in [0.717, 1.165) is 25.9 Å². The van der Waals surface area contributed by atoms with E-state index >= 15 is 0 Å². The maximum atomic E-state index is 9.42. The molecule has 2 nitrogen and oxygen atoms in total. The molecule has 27 heavy (non-hydrogen) atoms. The van der Waals surface area contributed by atoms with Crippen molar-refractivity contribution in [3.63, 3.8) is 0 Å². The lowest BCUT2D eigenvalue weighted by Crippen LogP contribution is -2.33. The fourth-order valence-corrected chi connectivity index (χ4v) is 4.36. The summed E-state index contributed by atoms with van der Waals surface area (Å²) in [7, 11) is 0. The molecule has 1 saturated heterocycles. The van der Waals surface area contributed by atoms with Gasteiger partial charge in [-0.3, -0.25) is 4.90 Å². The number of hydrogen-bond donors (Lipinski definition) is 1. The van der Waals surface area contributed by atoms with Crippen LogP contribution in [0.3, 0.4) is 0 Å². The number of nitrogens with zero attached hydrogens (tertiary/aromatic N) is 1. The number of aliphatic hydroxyl groups is 1. The Morgan fingerprint density at radius 2 is 1.37 bits per heavy atom. The molecule has 0 amide bonds. The van der Waals surface area contributed by atoms with E-state index in [1.807, 2.05) is 0 Å². The van der Waals surface area contributed by atoms with Crippen LogP contribution in [-0.4, -0.2) is 35.7 Å². The molecule has 0 aromatic heterocycles. The number of hydrogen-bond acceptors (Lipinski definition) is 2. The van der Waals surface area contributed by atoms with Crippen molar-refractivity contribution in [3.05, 3.63) is 35.4 Å². The van der Waals surface area contributed by atoms with Gasteiger partial charge in [0.2, 0.25) is 0 Å². The first-order valence-corrected chi connectivity index (χ1v) is 11.8. The Labute approximate surface area is 168 Å². The van der Waals surface area contributed by atoms with Crippen LogP contribution in [0.1, 0.15) is 95.1 Å². The van der Waals surface area contributed by atoms with Crippen LogP contribution < -0.4 is 0 Å². The van der Waals surface area contributed by atoms with E-state index in [9.17, 15) is 5.11 Å². The Balaban J connectivity index is 1.50. The van der Waals surface area contributed by atoms with Gasteiger partial charge in [-0.05, 0) is 49.8 Å². The SMILES string of the molecule is CCCCCCCCCCCCc1ccc(CCN2CCC[C@@H]2CO)cc1. The molecule has 0 spiro atoms. The van der Waals surface area contributed by atoms with Crippen LogP contribution in [0.25, 0.3) is 0 Å². The predicted octanol–water partition coefficient (Wildman–Crippen LogP) is 6.15. The van der Waals surface area contributed by atoms with E-state index in [0.29, 0.717) is 12.6 Å². The zero-order chi connectivity index (χ0) is 19.2. The van der Waals surface area contributed by atoms with Gasteiger partial charge >= 0.3 is 0 Å². The van der Waals surface area contributed by atoms with E-state index in [4.69, 9.17) is 0 Å². The molecule has 1 aromatic carbocycles. The molecular weight excluding hydrogens is 330 g/mol. The van der Waals surface area contributed by atoms with E-state index in [2.05, 4.69) is 36.1 Å². The van der Waals surface area contributed by atoms with Crippen molar-refractivity contribution in [3.8, 4) is 0 Å². The predicted molar refractivity (Wildman–Crippen MR) is 117 cm³/mol. The molecule has 1 aliphatic heterocycles. The third kappa shape index (κ3) is 9.25. The third-order valence-corrected chi connectivity index (χ3v) is 6.24. The Hall–Kier alpha value is -0.860. The van der Waals surface area contributed by atoms with Crippen LogP contribution in [0.5, 0.6) is 0 Å². The van der Waals surface area contributed by atoms with Gasteiger partial charge in [-0.25, -0.2) is 0 Å². The van der Waals surface area contributed by atoms with Gasteiger partial charge in [-0.2, -0.15) is 0 Å². The van der Waals surface area contributed by atoms with E-state index in [1.54, 1.807) is 0 Å². The minimum atomic E-state index is 0.317. The van der Waals surface area contributed by atoms with Gasteiger partial charge in [0.15, 0.2) is 0 Å². The lowest BCUT2D eigenvalue weighted by atomic mass is 10.0. The van der Waals surface area contributed by atoms with Gasteiger partial charge in [0, 0.05) is 12.6 Å². The van der Waals surface area contributed by atoms with Crippen LogP contribution in [0.2, 0.25) is 0 Å². The number of benzene rings is 1. The second kappa shape index (κ2) is 14.2. The van der Waals surface area contributed by atoms with Crippen molar-refractivity contribution < 1.29 is 5.11 Å². The summed E-state index contributed by atoms with van der Waals surface area (Å²) in [6.07, 6.45) is 18.8. The van der Waals surface area contributed by atoms with Gasteiger partial charge in [-0.15, -0.1) is 0 Å². The molecule has 1 aromatic rings. The molecule has 1 aliphatic rings. The van der Waals surface area contributed by atoms with Crippen molar-refractivity contribution in [1.82, 2.24) is 4.90 Å². The second-order valence-corrected chi connectivity index (χ2v) is 8.51. The zero-order valence-electron chi connectivity index (χ0n) is 17.8. The molecule has 0 bridgehead atoms. The van der Waals surface area contributed by atoms with Crippen LogP contribution >= 0.6 is 0 Å². The summed E-state index contributed by atoms with van der Waals surface area (Å²) in [5.74, 6) is 0. The average Bonchev–Trinajstić information content (AvgIpc) is 3.16. The van der Waals surface area contributed by atoms with Crippen LogP contribution in [0.4, 0.5) is 0 Å². The molecule has 2 rings (SSSR count). The van der Waals surface area contributed by atoms with Gasteiger partial charge in [0.1, 0.15) is 0 Å². The van der Waals surface area contributed by atoms with Crippen molar-refractivity contribution >= 4 is 0 Å². The fourth-order valence-electron chi connectivity index (χ4n) is 4.36. The standard InChI is InChI=1S/C25H43NO/c1-2-3-4-5-6-7-8-9-10-11-13-23-15-17-24(18-16-23)19-21-26-20-12-14-25(26)22-27/h15-18,25,27H,2-14,19-22H2,1H3/t25-/m1/s1. The number of rotatable bonds is 15. The first kappa shape index (κ1) is 22.4. The maximum absolute atomic E-state index is 9.42. The quantitative estimate of drug-likeness (QED) is 0.373. The monoisotopic (exact) mass is 373 g/mol.